The fraction of sp³-hybridized carbons (Fsp3) is 0.235. The van der Waals surface area contributed by atoms with E-state index in [9.17, 15) is 9.90 Å². The Kier molecular flexibility index (Phi) is 3.31. The van der Waals surface area contributed by atoms with E-state index in [1.165, 1.54) is 4.80 Å². The molecule has 0 unspecified atom stereocenters. The molecule has 3 aromatic rings. The molecule has 6 nitrogen and oxygen atoms in total. The van der Waals surface area contributed by atoms with Crippen LogP contribution in [0.1, 0.15) is 17.2 Å². The second-order valence-corrected chi connectivity index (χ2v) is 5.71. The van der Waals surface area contributed by atoms with Crippen molar-refractivity contribution in [3.63, 3.8) is 0 Å². The van der Waals surface area contributed by atoms with Gasteiger partial charge in [-0.15, -0.1) is 0 Å². The molecule has 2 heterocycles. The molecule has 0 saturated heterocycles. The zero-order valence-corrected chi connectivity index (χ0v) is 12.5. The van der Waals surface area contributed by atoms with Crippen LogP contribution >= 0.6 is 0 Å². The predicted molar refractivity (Wildman–Crippen MR) is 84.3 cm³/mol. The fourth-order valence-corrected chi connectivity index (χ4v) is 2.97. The summed E-state index contributed by atoms with van der Waals surface area (Å²) in [6.45, 7) is 0.882. The maximum absolute atomic E-state index is 12.5. The number of amides is 1. The highest BCUT2D eigenvalue weighted by molar-refractivity contribution is 5.77. The molecule has 1 amide bonds. The van der Waals surface area contributed by atoms with Crippen LogP contribution in [0.25, 0.3) is 11.0 Å². The molecule has 0 spiro atoms. The molecule has 0 radical (unpaired) electrons. The van der Waals surface area contributed by atoms with Crippen molar-refractivity contribution < 1.29 is 9.90 Å². The monoisotopic (exact) mass is 308 g/mol. The minimum absolute atomic E-state index is 0.0730. The summed E-state index contributed by atoms with van der Waals surface area (Å²) in [5.41, 5.74) is 3.42. The minimum Gasteiger partial charge on any atom is -0.387 e. The van der Waals surface area contributed by atoms with Crippen molar-refractivity contribution in [1.82, 2.24) is 19.9 Å². The number of nitrogens with zero attached hydrogens (tertiary/aromatic N) is 4. The first kappa shape index (κ1) is 13.9. The van der Waals surface area contributed by atoms with Crippen LogP contribution in [0.3, 0.4) is 0 Å². The molecular formula is C17H16N4O2. The summed E-state index contributed by atoms with van der Waals surface area (Å²) in [6.07, 6.45) is -0.645. The summed E-state index contributed by atoms with van der Waals surface area (Å²) < 4.78 is 0. The van der Waals surface area contributed by atoms with Gasteiger partial charge in [0.15, 0.2) is 0 Å². The molecule has 0 saturated carbocycles. The van der Waals surface area contributed by atoms with Gasteiger partial charge in [-0.3, -0.25) is 4.79 Å². The topological polar surface area (TPSA) is 71.2 Å². The molecule has 6 heteroatoms. The molecule has 1 N–H and O–H groups in total. The van der Waals surface area contributed by atoms with Crippen LogP contribution in [0.2, 0.25) is 0 Å². The lowest BCUT2D eigenvalue weighted by atomic mass is 9.97. The van der Waals surface area contributed by atoms with E-state index in [2.05, 4.69) is 10.2 Å². The number of fused-ring (bicyclic) bond motifs is 2. The largest absolute Gasteiger partial charge is 0.387 e. The summed E-state index contributed by atoms with van der Waals surface area (Å²) in [6, 6.07) is 15.2. The third kappa shape index (κ3) is 2.57. The zero-order chi connectivity index (χ0) is 15.8. The summed E-state index contributed by atoms with van der Waals surface area (Å²) in [5.74, 6) is -0.0983. The molecule has 1 aromatic heterocycles. The third-order valence-corrected chi connectivity index (χ3v) is 4.13. The van der Waals surface area contributed by atoms with Crippen molar-refractivity contribution in [2.24, 2.45) is 0 Å². The van der Waals surface area contributed by atoms with E-state index in [0.717, 1.165) is 22.2 Å². The first-order valence-corrected chi connectivity index (χ1v) is 7.54. The second-order valence-electron chi connectivity index (χ2n) is 5.71. The van der Waals surface area contributed by atoms with E-state index >= 15 is 0 Å². The number of benzene rings is 2. The number of aliphatic hydroxyl groups excluding tert-OH is 1. The third-order valence-electron chi connectivity index (χ3n) is 4.13. The van der Waals surface area contributed by atoms with Crippen molar-refractivity contribution in [2.45, 2.75) is 19.2 Å². The average molecular weight is 308 g/mol. The number of carbonyl (C=O) groups is 1. The van der Waals surface area contributed by atoms with Gasteiger partial charge in [-0.05, 0) is 23.3 Å². The predicted octanol–water partition coefficient (Wildman–Crippen LogP) is 1.51. The lowest BCUT2D eigenvalue weighted by Crippen LogP contribution is -2.40. The van der Waals surface area contributed by atoms with E-state index in [1.807, 2.05) is 48.5 Å². The molecule has 4 rings (SSSR count). The normalized spacial score (nSPS) is 17.3. The van der Waals surface area contributed by atoms with Crippen molar-refractivity contribution in [1.29, 1.82) is 0 Å². The Hall–Kier alpha value is -2.73. The maximum atomic E-state index is 12.5. The van der Waals surface area contributed by atoms with Crippen LogP contribution in [0, 0.1) is 0 Å². The molecule has 1 atom stereocenters. The summed E-state index contributed by atoms with van der Waals surface area (Å²) in [7, 11) is 0. The molecule has 0 bridgehead atoms. The highest BCUT2D eigenvalue weighted by Gasteiger charge is 2.26. The van der Waals surface area contributed by atoms with Crippen molar-refractivity contribution in [3.8, 4) is 0 Å². The number of β-amino-alcohol motifs (C(OH)–C–C–N with tert-alkyl or cyclic N) is 1. The van der Waals surface area contributed by atoms with Crippen molar-refractivity contribution in [3.05, 3.63) is 59.7 Å². The quantitative estimate of drug-likeness (QED) is 0.779. The van der Waals surface area contributed by atoms with Crippen LogP contribution in [0.4, 0.5) is 0 Å². The Balaban J connectivity index is 1.53. The van der Waals surface area contributed by atoms with Gasteiger partial charge in [-0.2, -0.15) is 15.0 Å². The number of carbonyl (C=O) groups excluding carboxylic acids is 1. The van der Waals surface area contributed by atoms with Crippen LogP contribution in [0.5, 0.6) is 0 Å². The van der Waals surface area contributed by atoms with Gasteiger partial charge in [-0.25, -0.2) is 0 Å². The molecule has 23 heavy (non-hydrogen) atoms. The maximum Gasteiger partial charge on any atom is 0.246 e. The fourth-order valence-electron chi connectivity index (χ4n) is 2.97. The molecule has 1 aliphatic rings. The second kappa shape index (κ2) is 5.48. The lowest BCUT2D eigenvalue weighted by molar-refractivity contribution is -0.135. The standard InChI is InChI=1S/C17H16N4O2/c22-16-10-20(9-12-5-1-2-6-13(12)16)17(23)11-21-18-14-7-3-4-8-15(14)19-21/h1-8,16,22H,9-11H2/t16-/m0/s1. The van der Waals surface area contributed by atoms with Crippen LogP contribution < -0.4 is 0 Å². The summed E-state index contributed by atoms with van der Waals surface area (Å²) in [5, 5.41) is 18.8. The average Bonchev–Trinajstić information content (AvgIpc) is 2.97. The number of hydrogen-bond acceptors (Lipinski definition) is 4. The Morgan fingerprint density at radius 2 is 1.74 bits per heavy atom. The van der Waals surface area contributed by atoms with Gasteiger partial charge in [0.1, 0.15) is 17.6 Å². The van der Waals surface area contributed by atoms with E-state index < -0.39 is 6.10 Å². The van der Waals surface area contributed by atoms with Gasteiger partial charge in [0.05, 0.1) is 12.6 Å². The first-order valence-electron chi connectivity index (χ1n) is 7.54. The smallest absolute Gasteiger partial charge is 0.246 e. The summed E-state index contributed by atoms with van der Waals surface area (Å²) >= 11 is 0. The minimum atomic E-state index is -0.645. The number of aromatic nitrogens is 3. The molecule has 1 aliphatic heterocycles. The van der Waals surface area contributed by atoms with E-state index in [0.29, 0.717) is 13.1 Å². The zero-order valence-electron chi connectivity index (χ0n) is 12.5. The Morgan fingerprint density at radius 3 is 2.48 bits per heavy atom. The van der Waals surface area contributed by atoms with Gasteiger partial charge in [0, 0.05) is 6.54 Å². The van der Waals surface area contributed by atoms with E-state index in [1.54, 1.807) is 4.90 Å². The highest BCUT2D eigenvalue weighted by Crippen LogP contribution is 2.26. The molecule has 0 fully saturated rings. The highest BCUT2D eigenvalue weighted by atomic mass is 16.3. The lowest BCUT2D eigenvalue weighted by Gasteiger charge is -2.32. The van der Waals surface area contributed by atoms with E-state index in [4.69, 9.17) is 0 Å². The van der Waals surface area contributed by atoms with Gasteiger partial charge in [0.2, 0.25) is 5.91 Å². The Labute approximate surface area is 132 Å². The number of aliphatic hydroxyl groups is 1. The Bertz CT molecular complexity index is 841. The van der Waals surface area contributed by atoms with Gasteiger partial charge >= 0.3 is 0 Å². The van der Waals surface area contributed by atoms with Crippen LogP contribution in [0.15, 0.2) is 48.5 Å². The van der Waals surface area contributed by atoms with Crippen LogP contribution in [-0.2, 0) is 17.9 Å². The number of rotatable bonds is 2. The molecule has 116 valence electrons. The van der Waals surface area contributed by atoms with Crippen molar-refractivity contribution in [2.75, 3.05) is 6.54 Å². The van der Waals surface area contributed by atoms with Gasteiger partial charge in [-0.1, -0.05) is 36.4 Å². The van der Waals surface area contributed by atoms with E-state index in [-0.39, 0.29) is 12.5 Å². The van der Waals surface area contributed by atoms with Crippen LogP contribution in [-0.4, -0.2) is 37.5 Å². The Morgan fingerprint density at radius 1 is 1.09 bits per heavy atom. The molecular weight excluding hydrogens is 292 g/mol. The summed E-state index contributed by atoms with van der Waals surface area (Å²) in [4.78, 5) is 15.6. The SMILES string of the molecule is O=C(Cn1nc2ccccc2n1)N1Cc2ccccc2[C@@H](O)C1. The van der Waals surface area contributed by atoms with Gasteiger partial charge in [0.25, 0.3) is 0 Å². The molecule has 0 aliphatic carbocycles. The van der Waals surface area contributed by atoms with Gasteiger partial charge < -0.3 is 10.0 Å². The first-order chi connectivity index (χ1) is 11.2. The van der Waals surface area contributed by atoms with Crippen molar-refractivity contribution >= 4 is 16.9 Å². The molecule has 2 aromatic carbocycles. The number of hydrogen-bond donors (Lipinski definition) is 1.